The van der Waals surface area contributed by atoms with E-state index >= 15 is 4.39 Å². The number of nitrogens with zero attached hydrogens (tertiary/aromatic N) is 3. The van der Waals surface area contributed by atoms with Crippen LogP contribution in [0.5, 0.6) is 17.2 Å². The number of carboxylic acids is 1. The molecule has 0 unspecified atom stereocenters. The van der Waals surface area contributed by atoms with Gasteiger partial charge >= 0.3 is 5.97 Å². The van der Waals surface area contributed by atoms with Gasteiger partial charge in [0.15, 0.2) is 40.6 Å². The average Bonchev–Trinajstić information content (AvgIpc) is 3.37. The first-order chi connectivity index (χ1) is 20.8. The molecule has 11 nitrogen and oxygen atoms in total. The molecule has 44 heavy (non-hydrogen) atoms. The number of hydrogen-bond donors (Lipinski definition) is 2. The highest BCUT2D eigenvalue weighted by Gasteiger charge is 2.34. The maximum Gasteiger partial charge on any atom is 0.337 e. The summed E-state index contributed by atoms with van der Waals surface area (Å²) in [6.45, 7) is 9.18. The monoisotopic (exact) mass is 606 g/mol. The number of aromatic nitrogens is 3. The van der Waals surface area contributed by atoms with E-state index in [1.54, 1.807) is 52.0 Å². The lowest BCUT2D eigenvalue weighted by molar-refractivity contribution is -0.160. The number of fused-ring (bicyclic) bond motifs is 2. The van der Waals surface area contributed by atoms with Gasteiger partial charge in [0.25, 0.3) is 5.91 Å². The van der Waals surface area contributed by atoms with E-state index in [4.69, 9.17) is 18.9 Å². The fraction of sp³-hybridized carbons (Fsp3) is 0.375. The molecule has 1 aliphatic heterocycles. The summed E-state index contributed by atoms with van der Waals surface area (Å²) in [5.41, 5.74) is 2.49. The molecular weight excluding hydrogens is 571 g/mol. The van der Waals surface area contributed by atoms with Gasteiger partial charge in [-0.15, -0.1) is 5.10 Å². The number of carbonyl (C=O) groups excluding carboxylic acids is 1. The molecule has 0 fully saturated rings. The first-order valence-corrected chi connectivity index (χ1v) is 14.1. The number of carbonyl (C=O) groups is 2. The van der Waals surface area contributed by atoms with Gasteiger partial charge in [0.05, 0.1) is 32.1 Å². The van der Waals surface area contributed by atoms with Crippen molar-refractivity contribution in [3.8, 4) is 28.5 Å². The molecule has 0 aliphatic carbocycles. The quantitative estimate of drug-likeness (QED) is 0.260. The first-order valence-electron chi connectivity index (χ1n) is 14.1. The number of amides is 1. The highest BCUT2D eigenvalue weighted by Crippen LogP contribution is 2.42. The number of hydrogen-bond acceptors (Lipinski definition) is 8. The normalized spacial score (nSPS) is 13.6. The Morgan fingerprint density at radius 2 is 1.84 bits per heavy atom. The van der Waals surface area contributed by atoms with Crippen molar-refractivity contribution in [1.82, 2.24) is 14.6 Å². The molecule has 1 aliphatic rings. The van der Waals surface area contributed by atoms with E-state index < -0.39 is 29.4 Å². The number of halogens is 1. The molecular formula is C32H35FN4O7. The number of ether oxygens (including phenoxy) is 4. The van der Waals surface area contributed by atoms with Gasteiger partial charge in [0.1, 0.15) is 0 Å². The second-order valence-electron chi connectivity index (χ2n) is 11.5. The van der Waals surface area contributed by atoms with E-state index in [1.165, 1.54) is 24.8 Å². The number of anilines is 1. The SMILES string of the molecule is COc1ccc(C(=O)Nc2cc3nc(C)c([C@H](OC(C)(C)C)C(=O)O)c(-c4cc(F)c5c(c4C)CCCO5)n3n2)cc1OC. The van der Waals surface area contributed by atoms with Crippen LogP contribution in [0, 0.1) is 19.7 Å². The van der Waals surface area contributed by atoms with Crippen molar-refractivity contribution >= 4 is 23.3 Å². The van der Waals surface area contributed by atoms with Gasteiger partial charge in [-0.1, -0.05) is 0 Å². The summed E-state index contributed by atoms with van der Waals surface area (Å²) in [4.78, 5) is 30.5. The van der Waals surface area contributed by atoms with Gasteiger partial charge in [-0.2, -0.15) is 0 Å². The summed E-state index contributed by atoms with van der Waals surface area (Å²) in [6.07, 6.45) is -0.139. The number of rotatable bonds is 8. The lowest BCUT2D eigenvalue weighted by Gasteiger charge is -2.28. The molecule has 0 spiro atoms. The fourth-order valence-electron chi connectivity index (χ4n) is 5.42. The summed E-state index contributed by atoms with van der Waals surface area (Å²) in [5, 5.41) is 17.7. The van der Waals surface area contributed by atoms with Crippen LogP contribution in [0.25, 0.3) is 16.9 Å². The van der Waals surface area contributed by atoms with Crippen molar-refractivity contribution in [3.05, 3.63) is 64.1 Å². The molecule has 2 N–H and O–H groups in total. The van der Waals surface area contributed by atoms with E-state index in [-0.39, 0.29) is 17.1 Å². The highest BCUT2D eigenvalue weighted by atomic mass is 19.1. The molecule has 0 bridgehead atoms. The van der Waals surface area contributed by atoms with Crippen molar-refractivity contribution in [3.63, 3.8) is 0 Å². The molecule has 5 rings (SSSR count). The number of aliphatic carboxylic acids is 1. The zero-order valence-corrected chi connectivity index (χ0v) is 25.7. The van der Waals surface area contributed by atoms with Gasteiger partial charge < -0.3 is 29.4 Å². The van der Waals surface area contributed by atoms with E-state index in [2.05, 4.69) is 15.4 Å². The van der Waals surface area contributed by atoms with Crippen LogP contribution in [0.1, 0.15) is 66.0 Å². The molecule has 0 saturated carbocycles. The minimum absolute atomic E-state index is 0.151. The van der Waals surface area contributed by atoms with Crippen LogP contribution in [0.4, 0.5) is 10.2 Å². The van der Waals surface area contributed by atoms with Crippen LogP contribution in [0.3, 0.4) is 0 Å². The van der Waals surface area contributed by atoms with E-state index in [9.17, 15) is 14.7 Å². The molecule has 4 aromatic rings. The Labute approximate surface area is 253 Å². The number of carboxylic acid groups (broad SMARTS) is 1. The summed E-state index contributed by atoms with van der Waals surface area (Å²) >= 11 is 0. The minimum atomic E-state index is -1.45. The molecule has 2 aromatic heterocycles. The van der Waals surface area contributed by atoms with Crippen LogP contribution in [-0.2, 0) is 16.0 Å². The number of benzene rings is 2. The van der Waals surface area contributed by atoms with E-state index in [0.29, 0.717) is 64.7 Å². The van der Waals surface area contributed by atoms with Crippen molar-refractivity contribution in [2.45, 2.75) is 59.2 Å². The number of methoxy groups -OCH3 is 2. The van der Waals surface area contributed by atoms with Crippen molar-refractivity contribution < 1.29 is 38.0 Å². The number of nitrogens with one attached hydrogen (secondary N) is 1. The first kappa shape index (κ1) is 30.7. The topological polar surface area (TPSA) is 134 Å². The molecule has 12 heteroatoms. The zero-order valence-electron chi connectivity index (χ0n) is 25.7. The molecule has 2 aromatic carbocycles. The Bertz CT molecular complexity index is 1780. The smallest absolute Gasteiger partial charge is 0.337 e. The highest BCUT2D eigenvalue weighted by molar-refractivity contribution is 6.04. The van der Waals surface area contributed by atoms with E-state index in [0.717, 1.165) is 5.56 Å². The van der Waals surface area contributed by atoms with Crippen LogP contribution >= 0.6 is 0 Å². The van der Waals surface area contributed by atoms with Gasteiger partial charge in [-0.25, -0.2) is 18.7 Å². The third-order valence-corrected chi connectivity index (χ3v) is 7.37. The third kappa shape index (κ3) is 5.77. The Hall–Kier alpha value is -4.71. The maximum atomic E-state index is 15.5. The minimum Gasteiger partial charge on any atom is -0.493 e. The van der Waals surface area contributed by atoms with Crippen molar-refractivity contribution in [1.29, 1.82) is 0 Å². The van der Waals surface area contributed by atoms with Crippen molar-refractivity contribution in [2.75, 3.05) is 26.1 Å². The predicted molar refractivity (Wildman–Crippen MR) is 160 cm³/mol. The second kappa shape index (κ2) is 11.8. The largest absolute Gasteiger partial charge is 0.493 e. The Kier molecular flexibility index (Phi) is 8.21. The second-order valence-corrected chi connectivity index (χ2v) is 11.5. The molecule has 0 saturated heterocycles. The fourth-order valence-corrected chi connectivity index (χ4v) is 5.42. The van der Waals surface area contributed by atoms with Gasteiger partial charge in [-0.05, 0) is 77.3 Å². The zero-order chi connectivity index (χ0) is 31.9. The van der Waals surface area contributed by atoms with Gasteiger partial charge in [0, 0.05) is 34.0 Å². The Morgan fingerprint density at radius 3 is 2.50 bits per heavy atom. The molecule has 1 amide bonds. The molecule has 0 radical (unpaired) electrons. The summed E-state index contributed by atoms with van der Waals surface area (Å²) in [5.74, 6) is -1.07. The van der Waals surface area contributed by atoms with Crippen LogP contribution < -0.4 is 19.5 Å². The summed E-state index contributed by atoms with van der Waals surface area (Å²) < 4.78 is 39.2. The summed E-state index contributed by atoms with van der Waals surface area (Å²) in [7, 11) is 2.97. The Morgan fingerprint density at radius 1 is 1.11 bits per heavy atom. The van der Waals surface area contributed by atoms with Crippen LogP contribution in [-0.4, -0.2) is 58.0 Å². The summed E-state index contributed by atoms with van der Waals surface area (Å²) in [6, 6.07) is 7.63. The molecule has 1 atom stereocenters. The van der Waals surface area contributed by atoms with Gasteiger partial charge in [0.2, 0.25) is 0 Å². The third-order valence-electron chi connectivity index (χ3n) is 7.37. The lowest BCUT2D eigenvalue weighted by Crippen LogP contribution is -2.29. The van der Waals surface area contributed by atoms with Gasteiger partial charge in [-0.3, -0.25) is 4.79 Å². The van der Waals surface area contributed by atoms with E-state index in [1.807, 2.05) is 6.92 Å². The Balaban J connectivity index is 1.71. The molecule has 232 valence electrons. The van der Waals surface area contributed by atoms with Crippen LogP contribution in [0.15, 0.2) is 30.3 Å². The predicted octanol–water partition coefficient (Wildman–Crippen LogP) is 5.69. The number of aryl methyl sites for hydroxylation is 1. The lowest BCUT2D eigenvalue weighted by atomic mass is 9.91. The maximum absolute atomic E-state index is 15.5. The average molecular weight is 607 g/mol. The van der Waals surface area contributed by atoms with Crippen molar-refractivity contribution in [2.24, 2.45) is 0 Å². The standard InChI is InChI=1S/C32H35FN4O7/c1-16-19-9-8-12-43-28(19)21(33)14-20(16)27-26(29(31(39)40)44-32(3,4)5)17(2)34-25-15-24(36-37(25)27)35-30(38)18-10-11-22(41-6)23(13-18)42-7/h10-11,13-15,29H,8-9,12H2,1-7H3,(H,39,40)(H,35,36,38)/t29-/m0/s1. The van der Waals surface area contributed by atoms with Crippen LogP contribution in [0.2, 0.25) is 0 Å². The molecule has 3 heterocycles.